The highest BCUT2D eigenvalue weighted by atomic mass is 127. The number of hydrogen-bond acceptors (Lipinski definition) is 3. The SMILES string of the molecule is NCc1cc(S(=O)(=O)Nc2ccc(I)cc2)cc(F)c1Cl. The molecule has 0 unspecified atom stereocenters. The first kappa shape index (κ1) is 16.5. The van der Waals surface area contributed by atoms with Crippen LogP contribution in [0, 0.1) is 9.39 Å². The van der Waals surface area contributed by atoms with Crippen molar-refractivity contribution >= 4 is 49.9 Å². The molecule has 0 saturated heterocycles. The van der Waals surface area contributed by atoms with Crippen LogP contribution in [0.2, 0.25) is 5.02 Å². The Kier molecular flexibility index (Phi) is 5.07. The van der Waals surface area contributed by atoms with Crippen LogP contribution in [-0.2, 0) is 16.6 Å². The summed E-state index contributed by atoms with van der Waals surface area (Å²) >= 11 is 7.83. The van der Waals surface area contributed by atoms with E-state index in [0.717, 1.165) is 9.64 Å². The monoisotopic (exact) mass is 440 g/mol. The Hall–Kier alpha value is -0.900. The van der Waals surface area contributed by atoms with Gasteiger partial charge in [-0.15, -0.1) is 0 Å². The summed E-state index contributed by atoms with van der Waals surface area (Å²) in [5, 5.41) is -0.161. The Labute approximate surface area is 140 Å². The molecule has 21 heavy (non-hydrogen) atoms. The fourth-order valence-electron chi connectivity index (χ4n) is 1.65. The maximum absolute atomic E-state index is 13.7. The van der Waals surface area contributed by atoms with Crippen LogP contribution in [0.25, 0.3) is 0 Å². The van der Waals surface area contributed by atoms with E-state index in [0.29, 0.717) is 5.69 Å². The number of nitrogens with one attached hydrogen (secondary N) is 1. The first-order chi connectivity index (χ1) is 9.83. The summed E-state index contributed by atoms with van der Waals surface area (Å²) in [7, 11) is -3.90. The second-order valence-electron chi connectivity index (χ2n) is 4.19. The van der Waals surface area contributed by atoms with Gasteiger partial charge in [0.2, 0.25) is 0 Å². The summed E-state index contributed by atoms with van der Waals surface area (Å²) in [6, 6.07) is 8.89. The number of rotatable bonds is 4. The predicted octanol–water partition coefficient (Wildman–Crippen LogP) is 3.34. The minimum Gasteiger partial charge on any atom is -0.326 e. The van der Waals surface area contributed by atoms with Crippen LogP contribution in [0.15, 0.2) is 41.3 Å². The van der Waals surface area contributed by atoms with E-state index in [4.69, 9.17) is 17.3 Å². The number of benzene rings is 2. The van der Waals surface area contributed by atoms with E-state index in [1.54, 1.807) is 24.3 Å². The van der Waals surface area contributed by atoms with Gasteiger partial charge in [0, 0.05) is 15.8 Å². The first-order valence-electron chi connectivity index (χ1n) is 5.80. The zero-order chi connectivity index (χ0) is 15.6. The van der Waals surface area contributed by atoms with Crippen molar-refractivity contribution in [2.75, 3.05) is 4.72 Å². The average Bonchev–Trinajstić information content (AvgIpc) is 2.44. The molecular formula is C13H11ClFIN2O2S. The molecule has 2 aromatic carbocycles. The van der Waals surface area contributed by atoms with Gasteiger partial charge in [0.05, 0.1) is 9.92 Å². The van der Waals surface area contributed by atoms with E-state index in [2.05, 4.69) is 27.3 Å². The van der Waals surface area contributed by atoms with Gasteiger partial charge >= 0.3 is 0 Å². The van der Waals surface area contributed by atoms with Gasteiger partial charge in [-0.05, 0) is 64.6 Å². The van der Waals surface area contributed by atoms with Crippen LogP contribution in [-0.4, -0.2) is 8.42 Å². The normalized spacial score (nSPS) is 11.4. The quantitative estimate of drug-likeness (QED) is 0.716. The number of nitrogens with two attached hydrogens (primary N) is 1. The van der Waals surface area contributed by atoms with Gasteiger partial charge in [-0.1, -0.05) is 11.6 Å². The van der Waals surface area contributed by atoms with Gasteiger partial charge < -0.3 is 5.73 Å². The topological polar surface area (TPSA) is 72.2 Å². The van der Waals surface area contributed by atoms with Crippen molar-refractivity contribution in [3.8, 4) is 0 Å². The van der Waals surface area contributed by atoms with Gasteiger partial charge in [-0.2, -0.15) is 0 Å². The van der Waals surface area contributed by atoms with E-state index >= 15 is 0 Å². The molecule has 0 aliphatic carbocycles. The fourth-order valence-corrected chi connectivity index (χ4v) is 3.32. The zero-order valence-corrected chi connectivity index (χ0v) is 14.3. The molecule has 2 aromatic rings. The first-order valence-corrected chi connectivity index (χ1v) is 8.74. The number of sulfonamides is 1. The van der Waals surface area contributed by atoms with E-state index in [1.165, 1.54) is 6.07 Å². The van der Waals surface area contributed by atoms with Crippen LogP contribution in [0.4, 0.5) is 10.1 Å². The standard InChI is InChI=1S/C13H11ClFIN2O2S/c14-13-8(7-17)5-11(6-12(13)15)21(19,20)18-10-3-1-9(16)2-4-10/h1-6,18H,7,17H2. The van der Waals surface area contributed by atoms with Gasteiger partial charge in [0.25, 0.3) is 10.0 Å². The maximum atomic E-state index is 13.7. The Morgan fingerprint density at radius 3 is 2.43 bits per heavy atom. The fraction of sp³-hybridized carbons (Fsp3) is 0.0769. The second-order valence-corrected chi connectivity index (χ2v) is 7.50. The van der Waals surface area contributed by atoms with Crippen LogP contribution < -0.4 is 10.5 Å². The summed E-state index contributed by atoms with van der Waals surface area (Å²) in [6.07, 6.45) is 0. The number of anilines is 1. The van der Waals surface area contributed by atoms with E-state index in [1.807, 2.05) is 0 Å². The Balaban J connectivity index is 2.40. The van der Waals surface area contributed by atoms with Gasteiger partial charge in [-0.3, -0.25) is 4.72 Å². The van der Waals surface area contributed by atoms with Crippen LogP contribution in [0.1, 0.15) is 5.56 Å². The van der Waals surface area contributed by atoms with Crippen molar-refractivity contribution in [2.24, 2.45) is 5.73 Å². The Bertz CT molecular complexity index is 766. The Morgan fingerprint density at radius 2 is 1.86 bits per heavy atom. The molecular weight excluding hydrogens is 430 g/mol. The lowest BCUT2D eigenvalue weighted by Gasteiger charge is -2.11. The molecule has 0 atom stereocenters. The van der Waals surface area contributed by atoms with E-state index in [9.17, 15) is 12.8 Å². The molecule has 0 aromatic heterocycles. The molecule has 0 aliphatic heterocycles. The molecule has 0 amide bonds. The maximum Gasteiger partial charge on any atom is 0.262 e. The van der Waals surface area contributed by atoms with Crippen LogP contribution >= 0.6 is 34.2 Å². The molecule has 4 nitrogen and oxygen atoms in total. The number of hydrogen-bond donors (Lipinski definition) is 2. The lowest BCUT2D eigenvalue weighted by Crippen LogP contribution is -2.14. The summed E-state index contributed by atoms with van der Waals surface area (Å²) < 4.78 is 41.5. The van der Waals surface area contributed by atoms with Crippen molar-refractivity contribution in [3.63, 3.8) is 0 Å². The lowest BCUT2D eigenvalue weighted by molar-refractivity contribution is 0.594. The third-order valence-corrected chi connectivity index (χ3v) is 5.21. The third kappa shape index (κ3) is 3.85. The molecule has 3 N–H and O–H groups in total. The highest BCUT2D eigenvalue weighted by Crippen LogP contribution is 2.25. The minimum absolute atomic E-state index is 0.0529. The van der Waals surface area contributed by atoms with E-state index in [-0.39, 0.29) is 22.0 Å². The van der Waals surface area contributed by atoms with Crippen molar-refractivity contribution in [2.45, 2.75) is 11.4 Å². The summed E-state index contributed by atoms with van der Waals surface area (Å²) in [5.41, 5.74) is 6.06. The third-order valence-electron chi connectivity index (χ3n) is 2.70. The molecule has 0 aliphatic rings. The van der Waals surface area contributed by atoms with Crippen LogP contribution in [0.5, 0.6) is 0 Å². The smallest absolute Gasteiger partial charge is 0.262 e. The molecule has 0 heterocycles. The molecule has 0 bridgehead atoms. The average molecular weight is 441 g/mol. The molecule has 112 valence electrons. The molecule has 0 radical (unpaired) electrons. The highest BCUT2D eigenvalue weighted by molar-refractivity contribution is 14.1. The Morgan fingerprint density at radius 1 is 1.24 bits per heavy atom. The minimum atomic E-state index is -3.90. The predicted molar refractivity (Wildman–Crippen MR) is 89.3 cm³/mol. The number of halogens is 3. The van der Waals surface area contributed by atoms with Gasteiger partial charge in [-0.25, -0.2) is 12.8 Å². The van der Waals surface area contributed by atoms with Crippen LogP contribution in [0.3, 0.4) is 0 Å². The molecule has 8 heteroatoms. The lowest BCUT2D eigenvalue weighted by atomic mass is 10.2. The van der Waals surface area contributed by atoms with Gasteiger partial charge in [0.15, 0.2) is 0 Å². The zero-order valence-electron chi connectivity index (χ0n) is 10.6. The van der Waals surface area contributed by atoms with Gasteiger partial charge in [0.1, 0.15) is 5.82 Å². The molecule has 0 fully saturated rings. The van der Waals surface area contributed by atoms with Crippen molar-refractivity contribution < 1.29 is 12.8 Å². The summed E-state index contributed by atoms with van der Waals surface area (Å²) in [5.74, 6) is -0.817. The molecule has 0 spiro atoms. The largest absolute Gasteiger partial charge is 0.326 e. The summed E-state index contributed by atoms with van der Waals surface area (Å²) in [6.45, 7) is -0.0529. The van der Waals surface area contributed by atoms with Crippen molar-refractivity contribution in [1.29, 1.82) is 0 Å². The highest BCUT2D eigenvalue weighted by Gasteiger charge is 2.18. The summed E-state index contributed by atoms with van der Waals surface area (Å²) in [4.78, 5) is -0.219. The molecule has 0 saturated carbocycles. The second kappa shape index (κ2) is 6.47. The van der Waals surface area contributed by atoms with Crippen molar-refractivity contribution in [3.05, 3.63) is 56.4 Å². The van der Waals surface area contributed by atoms with E-state index < -0.39 is 15.8 Å². The van der Waals surface area contributed by atoms with Crippen molar-refractivity contribution in [1.82, 2.24) is 0 Å². The molecule has 2 rings (SSSR count).